The van der Waals surface area contributed by atoms with Gasteiger partial charge in [0.2, 0.25) is 0 Å². The Hall–Kier alpha value is -1.78. The molecular formula is C47H87N2O9P. The Labute approximate surface area is 358 Å². The van der Waals surface area contributed by atoms with Crippen LogP contribution >= 0.6 is 7.82 Å². The van der Waals surface area contributed by atoms with E-state index < -0.39 is 43.5 Å². The molecule has 0 spiro atoms. The molecule has 0 bridgehead atoms. The van der Waals surface area contributed by atoms with E-state index in [9.17, 15) is 18.9 Å². The summed E-state index contributed by atoms with van der Waals surface area (Å²) in [7, 11) is -3.96. The van der Waals surface area contributed by atoms with Crippen molar-refractivity contribution in [3.05, 3.63) is 33.1 Å². The molecule has 1 aromatic rings. The third-order valence-electron chi connectivity index (χ3n) is 11.6. The molecule has 2 heterocycles. The van der Waals surface area contributed by atoms with Gasteiger partial charge in [-0.25, -0.2) is 9.36 Å². The highest BCUT2D eigenvalue weighted by Crippen LogP contribution is 2.50. The summed E-state index contributed by atoms with van der Waals surface area (Å²) >= 11 is 0. The fourth-order valence-electron chi connectivity index (χ4n) is 7.94. The number of carbonyl (C=O) groups is 1. The lowest BCUT2D eigenvalue weighted by Crippen LogP contribution is -2.32. The average molecular weight is 855 g/mol. The van der Waals surface area contributed by atoms with E-state index in [0.29, 0.717) is 0 Å². The van der Waals surface area contributed by atoms with Crippen molar-refractivity contribution < 1.29 is 32.4 Å². The lowest BCUT2D eigenvalue weighted by Gasteiger charge is -2.22. The van der Waals surface area contributed by atoms with Crippen molar-refractivity contribution >= 4 is 13.8 Å². The maximum Gasteiger partial charge on any atom is 0.474 e. The molecule has 0 aromatic carbocycles. The molecule has 2 rings (SSSR count). The highest BCUT2D eigenvalue weighted by molar-refractivity contribution is 7.48. The normalized spacial score (nSPS) is 16.9. The Morgan fingerprint density at radius 3 is 1.36 bits per heavy atom. The second kappa shape index (κ2) is 35.8. The summed E-state index contributed by atoms with van der Waals surface area (Å²) in [6.45, 7) is 6.12. The molecule has 12 heteroatoms. The van der Waals surface area contributed by atoms with E-state index in [2.05, 4.69) is 18.8 Å². The minimum Gasteiger partial charge on any atom is -0.460 e. The summed E-state index contributed by atoms with van der Waals surface area (Å²) in [5.74, 6) is -0.513. The zero-order valence-corrected chi connectivity index (χ0v) is 38.8. The first-order valence-corrected chi connectivity index (χ1v) is 25.9. The second-order valence-electron chi connectivity index (χ2n) is 17.0. The standard InChI is InChI=1S/C47H87N2O9P/c1-4-6-8-10-12-14-16-18-20-22-24-26-28-30-32-34-38-54-59(53,55-39-35-33-31-29-27-25-23-21-19-17-15-13-11-9-7-5-2)56-41-44-43(57-42(3)50)40-46(58-44)49-37-36-45(51)48-47(49)52/h36-37,43-44,46H,4-35,38-41H2,1-3H3,(H,48,51,52)/t43-,44+,46+/m0/s1. The molecule has 1 aromatic heterocycles. The Bertz CT molecular complexity index is 1280. The first kappa shape index (κ1) is 53.4. The number of phosphoric ester groups is 1. The van der Waals surface area contributed by atoms with Gasteiger partial charge in [0.15, 0.2) is 0 Å². The van der Waals surface area contributed by atoms with Gasteiger partial charge in [0.25, 0.3) is 5.56 Å². The fourth-order valence-corrected chi connectivity index (χ4v) is 9.20. The molecule has 3 atom stereocenters. The number of phosphoric acid groups is 1. The largest absolute Gasteiger partial charge is 0.474 e. The molecule has 344 valence electrons. The number of nitrogens with zero attached hydrogens (tertiary/aromatic N) is 1. The molecule has 0 aliphatic carbocycles. The summed E-state index contributed by atoms with van der Waals surface area (Å²) in [6, 6.07) is 1.22. The van der Waals surface area contributed by atoms with Crippen LogP contribution in [-0.2, 0) is 32.4 Å². The maximum absolute atomic E-state index is 13.9. The summed E-state index contributed by atoms with van der Waals surface area (Å²) in [5.41, 5.74) is -1.16. The third-order valence-corrected chi connectivity index (χ3v) is 13.0. The van der Waals surface area contributed by atoms with E-state index in [1.807, 2.05) is 0 Å². The summed E-state index contributed by atoms with van der Waals surface area (Å²) in [4.78, 5) is 38.2. The van der Waals surface area contributed by atoms with Gasteiger partial charge in [-0.2, -0.15) is 0 Å². The Kier molecular flexibility index (Phi) is 32.4. The van der Waals surface area contributed by atoms with Crippen LogP contribution in [0.25, 0.3) is 0 Å². The van der Waals surface area contributed by atoms with Gasteiger partial charge in [-0.1, -0.05) is 206 Å². The number of nitrogens with one attached hydrogen (secondary N) is 1. The van der Waals surface area contributed by atoms with Crippen LogP contribution in [0.15, 0.2) is 21.9 Å². The lowest BCUT2D eigenvalue weighted by atomic mass is 10.0. The van der Waals surface area contributed by atoms with Crippen molar-refractivity contribution in [3.8, 4) is 0 Å². The molecule has 1 N–H and O–H groups in total. The number of rotatable bonds is 41. The topological polar surface area (TPSA) is 135 Å². The first-order chi connectivity index (χ1) is 28.8. The van der Waals surface area contributed by atoms with Crippen LogP contribution in [-0.4, -0.2) is 47.5 Å². The van der Waals surface area contributed by atoms with E-state index >= 15 is 0 Å². The molecule has 59 heavy (non-hydrogen) atoms. The molecule has 11 nitrogen and oxygen atoms in total. The maximum atomic E-state index is 13.9. The van der Waals surface area contributed by atoms with E-state index in [-0.39, 0.29) is 26.2 Å². The number of unbranched alkanes of at least 4 members (excludes halogenated alkanes) is 30. The van der Waals surface area contributed by atoms with Gasteiger partial charge in [0.1, 0.15) is 18.4 Å². The van der Waals surface area contributed by atoms with Gasteiger partial charge in [0.05, 0.1) is 19.8 Å². The van der Waals surface area contributed by atoms with Gasteiger partial charge in [-0.15, -0.1) is 0 Å². The highest BCUT2D eigenvalue weighted by atomic mass is 31.2. The van der Waals surface area contributed by atoms with Gasteiger partial charge >= 0.3 is 19.5 Å². The summed E-state index contributed by atoms with van der Waals surface area (Å²) in [5, 5.41) is 0. The number of H-pyrrole nitrogens is 1. The summed E-state index contributed by atoms with van der Waals surface area (Å²) in [6.07, 6.45) is 39.6. The first-order valence-electron chi connectivity index (χ1n) is 24.5. The van der Waals surface area contributed by atoms with E-state index in [0.717, 1.165) is 38.5 Å². The van der Waals surface area contributed by atoms with E-state index in [1.165, 1.54) is 191 Å². The van der Waals surface area contributed by atoms with Crippen LogP contribution < -0.4 is 11.2 Å². The lowest BCUT2D eigenvalue weighted by molar-refractivity contribution is -0.150. The zero-order chi connectivity index (χ0) is 42.7. The highest BCUT2D eigenvalue weighted by Gasteiger charge is 2.41. The van der Waals surface area contributed by atoms with Gasteiger partial charge in [0, 0.05) is 25.6 Å². The number of hydrogen-bond acceptors (Lipinski definition) is 9. The average Bonchev–Trinajstić information content (AvgIpc) is 3.60. The van der Waals surface area contributed by atoms with Crippen LogP contribution in [0.3, 0.4) is 0 Å². The SMILES string of the molecule is CCCCCCCCCCCCCCCCCCOP(=O)(OCCCCCCCCCCCCCCCCCC)OC[C@H]1O[C@@H](n2ccc(=O)[nH]c2=O)C[C@@H]1OC(C)=O. The number of aromatic amines is 1. The Morgan fingerprint density at radius 1 is 0.627 bits per heavy atom. The molecular weight excluding hydrogens is 767 g/mol. The van der Waals surface area contributed by atoms with Crippen LogP contribution in [0.4, 0.5) is 0 Å². The van der Waals surface area contributed by atoms with Crippen LogP contribution in [0.1, 0.15) is 239 Å². The van der Waals surface area contributed by atoms with Crippen molar-refractivity contribution in [2.45, 2.75) is 251 Å². The Morgan fingerprint density at radius 2 is 1.00 bits per heavy atom. The van der Waals surface area contributed by atoms with Crippen molar-refractivity contribution in [1.29, 1.82) is 0 Å². The van der Waals surface area contributed by atoms with E-state index in [4.69, 9.17) is 23.0 Å². The summed E-state index contributed by atoms with van der Waals surface area (Å²) < 4.78 is 44.3. The number of hydrogen-bond donors (Lipinski definition) is 1. The van der Waals surface area contributed by atoms with Crippen LogP contribution in [0, 0.1) is 0 Å². The van der Waals surface area contributed by atoms with Crippen LogP contribution in [0.2, 0.25) is 0 Å². The smallest absolute Gasteiger partial charge is 0.460 e. The number of aromatic nitrogens is 2. The molecule has 0 amide bonds. The predicted molar refractivity (Wildman–Crippen MR) is 240 cm³/mol. The third kappa shape index (κ3) is 27.7. The number of ether oxygens (including phenoxy) is 2. The van der Waals surface area contributed by atoms with Crippen molar-refractivity contribution in [1.82, 2.24) is 9.55 Å². The van der Waals surface area contributed by atoms with Gasteiger partial charge in [-0.05, 0) is 12.8 Å². The fraction of sp³-hybridized carbons (Fsp3) is 0.894. The molecule has 1 aliphatic heterocycles. The van der Waals surface area contributed by atoms with E-state index in [1.54, 1.807) is 0 Å². The number of esters is 1. The van der Waals surface area contributed by atoms with Crippen molar-refractivity contribution in [2.75, 3.05) is 19.8 Å². The molecule has 0 radical (unpaired) electrons. The van der Waals surface area contributed by atoms with Crippen molar-refractivity contribution in [2.24, 2.45) is 0 Å². The quantitative estimate of drug-likeness (QED) is 0.0388. The predicted octanol–water partition coefficient (Wildman–Crippen LogP) is 13.4. The minimum absolute atomic E-state index is 0.157. The van der Waals surface area contributed by atoms with Crippen LogP contribution in [0.5, 0.6) is 0 Å². The number of carbonyl (C=O) groups excluding carboxylic acids is 1. The van der Waals surface area contributed by atoms with Crippen molar-refractivity contribution in [3.63, 3.8) is 0 Å². The zero-order valence-electron chi connectivity index (χ0n) is 37.9. The molecule has 0 unspecified atom stereocenters. The second-order valence-corrected chi connectivity index (χ2v) is 18.7. The molecule has 1 aliphatic rings. The van der Waals surface area contributed by atoms with Gasteiger partial charge in [-0.3, -0.25) is 32.7 Å². The monoisotopic (exact) mass is 855 g/mol. The Balaban J connectivity index is 1.72. The van der Waals surface area contributed by atoms with Gasteiger partial charge < -0.3 is 9.47 Å². The molecule has 0 saturated carbocycles. The molecule has 1 fully saturated rings. The molecule has 1 saturated heterocycles. The minimum atomic E-state index is -3.96.